The van der Waals surface area contributed by atoms with Crippen LogP contribution in [0.25, 0.3) is 10.9 Å². The van der Waals surface area contributed by atoms with E-state index >= 15 is 0 Å². The number of carbonyl (C=O) groups is 1. The van der Waals surface area contributed by atoms with Crippen molar-refractivity contribution in [2.75, 3.05) is 0 Å². The Morgan fingerprint density at radius 3 is 2.11 bits per heavy atom. The fourth-order valence-corrected chi connectivity index (χ4v) is 4.86. The van der Waals surface area contributed by atoms with Crippen LogP contribution in [0, 0.1) is 0 Å². The lowest BCUT2D eigenvalue weighted by Crippen LogP contribution is -2.11. The van der Waals surface area contributed by atoms with E-state index in [1.165, 1.54) is 0 Å². The molecule has 0 saturated carbocycles. The summed E-state index contributed by atoms with van der Waals surface area (Å²) < 4.78 is 2.64. The van der Waals surface area contributed by atoms with Crippen LogP contribution in [0.15, 0.2) is 118 Å². The molecule has 6 nitrogen and oxygen atoms in total. The van der Waals surface area contributed by atoms with Gasteiger partial charge < -0.3 is 10.2 Å². The molecule has 0 bridgehead atoms. The molecule has 1 amide bonds. The Morgan fingerprint density at radius 1 is 0.838 bits per heavy atom. The number of phenols is 1. The highest BCUT2D eigenvalue weighted by molar-refractivity contribution is 9.10. The number of carbonyl (C=O) groups excluding carboxylic acids is 1. The zero-order valence-electron chi connectivity index (χ0n) is 19.8. The molecular formula is C30H24BrN3O3. The molecular weight excluding hydrogens is 530 g/mol. The highest BCUT2D eigenvalue weighted by atomic mass is 79.9. The molecule has 184 valence electrons. The normalized spacial score (nSPS) is 11.5. The predicted octanol–water partition coefficient (Wildman–Crippen LogP) is 7.70. The van der Waals surface area contributed by atoms with Crippen molar-refractivity contribution in [2.45, 2.75) is 18.9 Å². The molecule has 4 aromatic carbocycles. The van der Waals surface area contributed by atoms with Crippen molar-refractivity contribution < 1.29 is 15.0 Å². The Hall–Kier alpha value is -4.23. The molecule has 0 aliphatic carbocycles. The van der Waals surface area contributed by atoms with Crippen LogP contribution in [-0.4, -0.2) is 20.7 Å². The summed E-state index contributed by atoms with van der Waals surface area (Å²) in [4.78, 5) is 12.6. The quantitative estimate of drug-likeness (QED) is 0.202. The minimum absolute atomic E-state index is 0.0805. The first-order valence-corrected chi connectivity index (χ1v) is 12.7. The first kappa shape index (κ1) is 24.5. The van der Waals surface area contributed by atoms with E-state index < -0.39 is 5.91 Å². The second-order valence-corrected chi connectivity index (χ2v) is 9.57. The molecule has 2 N–H and O–H groups in total. The van der Waals surface area contributed by atoms with E-state index in [4.69, 9.17) is 0 Å². The largest absolute Gasteiger partial charge is 0.508 e. The van der Waals surface area contributed by atoms with Crippen LogP contribution in [0.3, 0.4) is 0 Å². The fourth-order valence-electron chi connectivity index (χ4n) is 4.50. The maximum absolute atomic E-state index is 12.6. The van der Waals surface area contributed by atoms with E-state index in [1.807, 2.05) is 89.5 Å². The number of para-hydroxylation sites is 1. The maximum atomic E-state index is 12.6. The minimum atomic E-state index is -0.443. The Balaban J connectivity index is 1.56. The van der Waals surface area contributed by atoms with E-state index in [0.29, 0.717) is 17.4 Å². The van der Waals surface area contributed by atoms with Gasteiger partial charge in [-0.1, -0.05) is 94.8 Å². The molecule has 0 aliphatic rings. The molecule has 0 atom stereocenters. The zero-order valence-corrected chi connectivity index (χ0v) is 21.4. The van der Waals surface area contributed by atoms with Gasteiger partial charge in [0.1, 0.15) is 5.75 Å². The number of azo groups is 1. The van der Waals surface area contributed by atoms with Gasteiger partial charge in [-0.15, -0.1) is 10.2 Å². The lowest BCUT2D eigenvalue weighted by molar-refractivity contribution is -0.118. The van der Waals surface area contributed by atoms with Crippen LogP contribution in [0.4, 0.5) is 5.69 Å². The number of hydrogen-bond acceptors (Lipinski definition) is 4. The van der Waals surface area contributed by atoms with Crippen LogP contribution in [0.1, 0.15) is 29.2 Å². The van der Waals surface area contributed by atoms with Crippen molar-refractivity contribution in [3.63, 3.8) is 0 Å². The second kappa shape index (κ2) is 10.8. The smallest absolute Gasteiger partial charge is 0.265 e. The third kappa shape index (κ3) is 5.17. The molecule has 5 rings (SSSR count). The van der Waals surface area contributed by atoms with E-state index in [9.17, 15) is 15.0 Å². The van der Waals surface area contributed by atoms with Gasteiger partial charge in [0.2, 0.25) is 5.88 Å². The number of rotatable bonds is 7. The van der Waals surface area contributed by atoms with Gasteiger partial charge in [0.25, 0.3) is 5.91 Å². The van der Waals surface area contributed by atoms with Crippen molar-refractivity contribution in [2.24, 2.45) is 10.2 Å². The molecule has 7 heteroatoms. The summed E-state index contributed by atoms with van der Waals surface area (Å²) in [6, 6.07) is 32.1. The van der Waals surface area contributed by atoms with Crippen molar-refractivity contribution >= 4 is 38.4 Å². The summed E-state index contributed by atoms with van der Waals surface area (Å²) >= 11 is 3.51. The second-order valence-electron chi connectivity index (χ2n) is 8.65. The molecule has 0 radical (unpaired) electrons. The van der Waals surface area contributed by atoms with Gasteiger partial charge in [0.05, 0.1) is 11.6 Å². The Kier molecular flexibility index (Phi) is 7.14. The summed E-state index contributed by atoms with van der Waals surface area (Å²) in [5, 5.41) is 30.3. The Bertz CT molecular complexity index is 1540. The number of amides is 1. The SMILES string of the molecule is O=C(CCc1ccccc1O)N=Nc1c(O)n(C(c2ccccc2)c2ccccc2)c2ccc(Br)cc12. The molecule has 1 heterocycles. The topological polar surface area (TPSA) is 87.2 Å². The average Bonchev–Trinajstić information content (AvgIpc) is 3.18. The third-order valence-electron chi connectivity index (χ3n) is 6.26. The molecule has 0 saturated heterocycles. The first-order valence-electron chi connectivity index (χ1n) is 11.9. The van der Waals surface area contributed by atoms with Crippen LogP contribution in [0.2, 0.25) is 0 Å². The van der Waals surface area contributed by atoms with E-state index in [0.717, 1.165) is 21.1 Å². The number of benzene rings is 4. The standard InChI is InChI=1S/C30H24BrN3O3/c31-23-16-17-25-24(19-23)28(33-32-27(36)18-15-20-9-7-8-14-26(20)35)30(37)34(25)29(21-10-3-1-4-11-21)22-12-5-2-6-13-22/h1-14,16-17,19,29,35,37H,15,18H2. The van der Waals surface area contributed by atoms with Gasteiger partial charge in [-0.2, -0.15) is 0 Å². The lowest BCUT2D eigenvalue weighted by Gasteiger charge is -2.22. The summed E-state index contributed by atoms with van der Waals surface area (Å²) in [6.45, 7) is 0. The number of aromatic hydroxyl groups is 2. The maximum Gasteiger partial charge on any atom is 0.265 e. The number of aromatic nitrogens is 1. The lowest BCUT2D eigenvalue weighted by atomic mass is 9.98. The van der Waals surface area contributed by atoms with E-state index in [-0.39, 0.29) is 29.8 Å². The van der Waals surface area contributed by atoms with Crippen molar-refractivity contribution in [3.05, 3.63) is 124 Å². The highest BCUT2D eigenvalue weighted by Gasteiger charge is 2.25. The van der Waals surface area contributed by atoms with Gasteiger partial charge in [-0.05, 0) is 47.4 Å². The molecule has 0 spiro atoms. The van der Waals surface area contributed by atoms with Gasteiger partial charge in [-0.25, -0.2) is 0 Å². The van der Waals surface area contributed by atoms with Crippen LogP contribution >= 0.6 is 15.9 Å². The van der Waals surface area contributed by atoms with Gasteiger partial charge >= 0.3 is 0 Å². The molecule has 0 unspecified atom stereocenters. The highest BCUT2D eigenvalue weighted by Crippen LogP contribution is 2.45. The number of aryl methyl sites for hydroxylation is 1. The number of fused-ring (bicyclic) bond motifs is 1. The number of hydrogen-bond donors (Lipinski definition) is 2. The van der Waals surface area contributed by atoms with Crippen molar-refractivity contribution in [1.82, 2.24) is 4.57 Å². The summed E-state index contributed by atoms with van der Waals surface area (Å²) in [7, 11) is 0. The minimum Gasteiger partial charge on any atom is -0.508 e. The summed E-state index contributed by atoms with van der Waals surface area (Å²) in [5.41, 5.74) is 3.64. The molecule has 5 aromatic rings. The first-order chi connectivity index (χ1) is 18.0. The number of nitrogens with zero attached hydrogens (tertiary/aromatic N) is 3. The molecule has 37 heavy (non-hydrogen) atoms. The average molecular weight is 554 g/mol. The van der Waals surface area contributed by atoms with Crippen LogP contribution in [-0.2, 0) is 11.2 Å². The zero-order chi connectivity index (χ0) is 25.8. The Labute approximate surface area is 222 Å². The van der Waals surface area contributed by atoms with Gasteiger partial charge in [-0.3, -0.25) is 9.36 Å². The van der Waals surface area contributed by atoms with Gasteiger partial charge in [0, 0.05) is 16.3 Å². The Morgan fingerprint density at radius 2 is 1.46 bits per heavy atom. The van der Waals surface area contributed by atoms with Crippen LogP contribution in [0.5, 0.6) is 11.6 Å². The van der Waals surface area contributed by atoms with E-state index in [1.54, 1.807) is 18.2 Å². The fraction of sp³-hybridized carbons (Fsp3) is 0.100. The summed E-state index contributed by atoms with van der Waals surface area (Å²) in [6.07, 6.45) is 0.425. The monoisotopic (exact) mass is 553 g/mol. The molecule has 0 aliphatic heterocycles. The van der Waals surface area contributed by atoms with Gasteiger partial charge in [0.15, 0.2) is 5.69 Å². The summed E-state index contributed by atoms with van der Waals surface area (Å²) in [5.74, 6) is -0.380. The van der Waals surface area contributed by atoms with Crippen molar-refractivity contribution in [1.29, 1.82) is 0 Å². The van der Waals surface area contributed by atoms with E-state index in [2.05, 4.69) is 26.2 Å². The predicted molar refractivity (Wildman–Crippen MR) is 147 cm³/mol. The molecule has 0 fully saturated rings. The number of halogens is 1. The molecule has 1 aromatic heterocycles. The van der Waals surface area contributed by atoms with Crippen molar-refractivity contribution in [3.8, 4) is 11.6 Å². The van der Waals surface area contributed by atoms with Crippen LogP contribution < -0.4 is 0 Å². The third-order valence-corrected chi connectivity index (χ3v) is 6.76. The number of phenolic OH excluding ortho intramolecular Hbond substituents is 1.